The number of H-pyrrole nitrogens is 2. The van der Waals surface area contributed by atoms with E-state index in [4.69, 9.17) is 0 Å². The zero-order chi connectivity index (χ0) is 17.1. The molecule has 0 aliphatic carbocycles. The molecule has 0 atom stereocenters. The van der Waals surface area contributed by atoms with Crippen molar-refractivity contribution in [2.75, 3.05) is 0 Å². The van der Waals surface area contributed by atoms with Gasteiger partial charge < -0.3 is 9.97 Å². The van der Waals surface area contributed by atoms with E-state index in [0.29, 0.717) is 0 Å². The number of rotatable bonds is 1. The van der Waals surface area contributed by atoms with E-state index in [1.165, 1.54) is 43.7 Å². The monoisotopic (exact) mass is 333 g/mol. The molecule has 0 saturated heterocycles. The molecule has 3 nitrogen and oxygen atoms in total. The Hall–Kier alpha value is -3.59. The van der Waals surface area contributed by atoms with E-state index in [1.54, 1.807) is 0 Å². The zero-order valence-corrected chi connectivity index (χ0v) is 14.0. The van der Waals surface area contributed by atoms with Crippen molar-refractivity contribution in [3.8, 4) is 11.1 Å². The smallest absolute Gasteiger partial charge is 0.138 e. The molecule has 0 unspecified atom stereocenters. The van der Waals surface area contributed by atoms with Gasteiger partial charge in [0.2, 0.25) is 0 Å². The molecule has 3 heteroatoms. The first-order valence-corrected chi connectivity index (χ1v) is 8.74. The number of aromatic nitrogens is 3. The minimum Gasteiger partial charge on any atom is -0.354 e. The lowest BCUT2D eigenvalue weighted by Gasteiger charge is -2.03. The van der Waals surface area contributed by atoms with Gasteiger partial charge in [0.15, 0.2) is 0 Å². The van der Waals surface area contributed by atoms with Crippen LogP contribution in [0.5, 0.6) is 0 Å². The molecule has 0 aliphatic rings. The second-order valence-electron chi connectivity index (χ2n) is 6.72. The summed E-state index contributed by atoms with van der Waals surface area (Å²) in [5.41, 5.74) is 6.81. The van der Waals surface area contributed by atoms with E-state index in [1.807, 2.05) is 12.3 Å². The van der Waals surface area contributed by atoms with Gasteiger partial charge in [-0.05, 0) is 41.5 Å². The largest absolute Gasteiger partial charge is 0.354 e. The van der Waals surface area contributed by atoms with E-state index in [2.05, 4.69) is 81.7 Å². The molecule has 122 valence electrons. The Bertz CT molecular complexity index is 1320. The molecule has 6 rings (SSSR count). The van der Waals surface area contributed by atoms with E-state index in [0.717, 1.165) is 11.2 Å². The molecule has 6 aromatic rings. The number of aromatic amines is 2. The van der Waals surface area contributed by atoms with Gasteiger partial charge in [0.05, 0.1) is 0 Å². The second kappa shape index (κ2) is 4.96. The van der Waals surface area contributed by atoms with Crippen LogP contribution in [0.3, 0.4) is 0 Å². The van der Waals surface area contributed by atoms with Gasteiger partial charge in [-0.1, -0.05) is 42.5 Å². The number of nitrogens with one attached hydrogen (secondary N) is 2. The highest BCUT2D eigenvalue weighted by Crippen LogP contribution is 2.32. The van der Waals surface area contributed by atoms with Gasteiger partial charge in [-0.3, -0.25) is 0 Å². The summed E-state index contributed by atoms with van der Waals surface area (Å²) in [6.45, 7) is 0. The number of benzene rings is 3. The van der Waals surface area contributed by atoms with Crippen LogP contribution in [-0.4, -0.2) is 15.0 Å². The molecule has 0 radical (unpaired) electrons. The fourth-order valence-corrected chi connectivity index (χ4v) is 3.95. The van der Waals surface area contributed by atoms with Crippen molar-refractivity contribution < 1.29 is 0 Å². The molecular weight excluding hydrogens is 318 g/mol. The molecule has 26 heavy (non-hydrogen) atoms. The standard InChI is InChI=1S/C23H15N3/c1-2-6-20-16(4-1)17-9-7-14(12-21(17)25-20)15-8-10-18-19-5-3-11-24-23(19)26-22(18)13-15/h1-13,25H,(H,24,26). The number of hydrogen-bond acceptors (Lipinski definition) is 1. The van der Waals surface area contributed by atoms with Crippen LogP contribution < -0.4 is 0 Å². The summed E-state index contributed by atoms with van der Waals surface area (Å²) in [7, 11) is 0. The van der Waals surface area contributed by atoms with Gasteiger partial charge >= 0.3 is 0 Å². The van der Waals surface area contributed by atoms with Gasteiger partial charge in [0.1, 0.15) is 5.65 Å². The highest BCUT2D eigenvalue weighted by Gasteiger charge is 2.08. The average Bonchev–Trinajstić information content (AvgIpc) is 3.24. The normalized spacial score (nSPS) is 11.8. The Morgan fingerprint density at radius 1 is 0.538 bits per heavy atom. The lowest BCUT2D eigenvalue weighted by Crippen LogP contribution is -1.79. The molecule has 3 heterocycles. The Labute approximate surface area is 149 Å². The van der Waals surface area contributed by atoms with Crippen molar-refractivity contribution in [1.82, 2.24) is 15.0 Å². The predicted octanol–water partition coefficient (Wildman–Crippen LogP) is 6.02. The third-order valence-electron chi connectivity index (χ3n) is 5.21. The molecule has 0 saturated carbocycles. The van der Waals surface area contributed by atoms with Crippen molar-refractivity contribution in [2.45, 2.75) is 0 Å². The molecular formula is C23H15N3. The van der Waals surface area contributed by atoms with Crippen LogP contribution in [0.1, 0.15) is 0 Å². The minimum atomic E-state index is 0.936. The number of hydrogen-bond donors (Lipinski definition) is 2. The van der Waals surface area contributed by atoms with E-state index in [-0.39, 0.29) is 0 Å². The first-order valence-electron chi connectivity index (χ1n) is 8.74. The third-order valence-corrected chi connectivity index (χ3v) is 5.21. The lowest BCUT2D eigenvalue weighted by molar-refractivity contribution is 1.35. The van der Waals surface area contributed by atoms with Crippen LogP contribution in [-0.2, 0) is 0 Å². The Balaban J connectivity index is 1.57. The van der Waals surface area contributed by atoms with Gasteiger partial charge in [-0.15, -0.1) is 0 Å². The fraction of sp³-hybridized carbons (Fsp3) is 0. The van der Waals surface area contributed by atoms with E-state index >= 15 is 0 Å². The topological polar surface area (TPSA) is 44.5 Å². The van der Waals surface area contributed by atoms with E-state index in [9.17, 15) is 0 Å². The summed E-state index contributed by atoms with van der Waals surface area (Å²) in [5, 5.41) is 4.91. The summed E-state index contributed by atoms with van der Waals surface area (Å²) in [6.07, 6.45) is 1.82. The van der Waals surface area contributed by atoms with Crippen LogP contribution in [0.25, 0.3) is 54.9 Å². The third kappa shape index (κ3) is 1.85. The Kier molecular flexibility index (Phi) is 2.61. The molecule has 3 aromatic carbocycles. The molecule has 3 aromatic heterocycles. The zero-order valence-electron chi connectivity index (χ0n) is 14.0. The predicted molar refractivity (Wildman–Crippen MR) is 108 cm³/mol. The maximum atomic E-state index is 4.43. The van der Waals surface area contributed by atoms with Crippen LogP contribution in [0, 0.1) is 0 Å². The molecule has 2 N–H and O–H groups in total. The second-order valence-corrected chi connectivity index (χ2v) is 6.72. The number of para-hydroxylation sites is 1. The number of nitrogens with zero attached hydrogens (tertiary/aromatic N) is 1. The van der Waals surface area contributed by atoms with Gasteiger partial charge in [-0.25, -0.2) is 4.98 Å². The average molecular weight is 333 g/mol. The van der Waals surface area contributed by atoms with Crippen molar-refractivity contribution in [3.05, 3.63) is 79.0 Å². The molecule has 0 spiro atoms. The lowest BCUT2D eigenvalue weighted by atomic mass is 10.0. The number of pyridine rings is 1. The first kappa shape index (κ1) is 13.7. The summed E-state index contributed by atoms with van der Waals surface area (Å²) in [5.74, 6) is 0. The van der Waals surface area contributed by atoms with Crippen LogP contribution in [0.2, 0.25) is 0 Å². The fourth-order valence-electron chi connectivity index (χ4n) is 3.95. The minimum absolute atomic E-state index is 0.936. The highest BCUT2D eigenvalue weighted by molar-refractivity contribution is 6.09. The molecule has 0 fully saturated rings. The Morgan fingerprint density at radius 2 is 1.19 bits per heavy atom. The van der Waals surface area contributed by atoms with Gasteiger partial charge in [0.25, 0.3) is 0 Å². The summed E-state index contributed by atoms with van der Waals surface area (Å²) in [6, 6.07) is 25.7. The Morgan fingerprint density at radius 3 is 2.04 bits per heavy atom. The van der Waals surface area contributed by atoms with Crippen LogP contribution in [0.4, 0.5) is 0 Å². The first-order chi connectivity index (χ1) is 12.9. The maximum absolute atomic E-state index is 4.43. The van der Waals surface area contributed by atoms with Crippen LogP contribution in [0.15, 0.2) is 79.0 Å². The SMILES string of the molecule is c1ccc2c(c1)[nH]c1cc(-c3ccc4c(c3)[nH]c3ncccc34)ccc12. The van der Waals surface area contributed by atoms with Crippen molar-refractivity contribution in [1.29, 1.82) is 0 Å². The number of fused-ring (bicyclic) bond motifs is 6. The molecule has 0 bridgehead atoms. The van der Waals surface area contributed by atoms with E-state index < -0.39 is 0 Å². The highest BCUT2D eigenvalue weighted by atomic mass is 14.8. The quantitative estimate of drug-likeness (QED) is 0.380. The van der Waals surface area contributed by atoms with Gasteiger partial charge in [0, 0.05) is 44.3 Å². The van der Waals surface area contributed by atoms with Crippen molar-refractivity contribution in [3.63, 3.8) is 0 Å². The summed E-state index contributed by atoms with van der Waals surface area (Å²) < 4.78 is 0. The summed E-state index contributed by atoms with van der Waals surface area (Å²) in [4.78, 5) is 11.4. The van der Waals surface area contributed by atoms with Crippen molar-refractivity contribution in [2.24, 2.45) is 0 Å². The van der Waals surface area contributed by atoms with Crippen molar-refractivity contribution >= 4 is 43.7 Å². The van der Waals surface area contributed by atoms with Gasteiger partial charge in [-0.2, -0.15) is 0 Å². The maximum Gasteiger partial charge on any atom is 0.138 e. The van der Waals surface area contributed by atoms with Crippen LogP contribution >= 0.6 is 0 Å². The molecule has 0 amide bonds. The molecule has 0 aliphatic heterocycles. The summed E-state index contributed by atoms with van der Waals surface area (Å²) >= 11 is 0.